The highest BCUT2D eigenvalue weighted by atomic mass is 32.2. The van der Waals surface area contributed by atoms with Crippen LogP contribution >= 0.6 is 23.1 Å². The van der Waals surface area contributed by atoms with Crippen LogP contribution in [0.5, 0.6) is 0 Å². The average molecular weight is 478 g/mol. The summed E-state index contributed by atoms with van der Waals surface area (Å²) in [6, 6.07) is 10.4. The van der Waals surface area contributed by atoms with Gasteiger partial charge in [-0.3, -0.25) is 4.79 Å². The molecule has 1 aliphatic rings. The fraction of sp³-hybridized carbons (Fsp3) is 0.381. The van der Waals surface area contributed by atoms with Crippen LogP contribution in [0, 0.1) is 0 Å². The number of thiophene rings is 1. The third kappa shape index (κ3) is 5.08. The van der Waals surface area contributed by atoms with Gasteiger partial charge in [0.15, 0.2) is 5.78 Å². The molecule has 0 amide bonds. The number of benzene rings is 1. The first-order valence-corrected chi connectivity index (χ1v) is 13.4. The number of hydrogen-bond donors (Lipinski definition) is 0. The first-order chi connectivity index (χ1) is 15.0. The Morgan fingerprint density at radius 3 is 2.71 bits per heavy atom. The van der Waals surface area contributed by atoms with Crippen LogP contribution < -0.4 is 0 Å². The van der Waals surface area contributed by atoms with E-state index in [1.807, 2.05) is 12.1 Å². The fourth-order valence-corrected chi connectivity index (χ4v) is 6.53. The van der Waals surface area contributed by atoms with Gasteiger partial charge in [-0.15, -0.1) is 21.5 Å². The molecule has 0 spiro atoms. The zero-order chi connectivity index (χ0) is 21.8. The van der Waals surface area contributed by atoms with E-state index in [-0.39, 0.29) is 27.5 Å². The van der Waals surface area contributed by atoms with Crippen molar-refractivity contribution in [2.75, 3.05) is 18.8 Å². The highest BCUT2D eigenvalue weighted by Gasteiger charge is 2.26. The molecule has 0 bridgehead atoms. The Bertz CT molecular complexity index is 1160. The smallest absolute Gasteiger partial charge is 0.277 e. The number of carbonyl (C=O) groups excluding carboxylic acids is 1. The lowest BCUT2D eigenvalue weighted by Crippen LogP contribution is -2.35. The number of Topliss-reactive ketones (excluding diaryl/α,β-unsaturated/α-hetero) is 1. The molecule has 1 saturated heterocycles. The Balaban J connectivity index is 1.45. The highest BCUT2D eigenvalue weighted by Crippen LogP contribution is 2.28. The number of aromatic nitrogens is 2. The summed E-state index contributed by atoms with van der Waals surface area (Å²) in [4.78, 5) is 14.5. The van der Waals surface area contributed by atoms with Crippen LogP contribution in [0.3, 0.4) is 0 Å². The lowest BCUT2D eigenvalue weighted by molar-refractivity contribution is 0.102. The quantitative estimate of drug-likeness (QED) is 0.348. The molecular weight excluding hydrogens is 454 g/mol. The van der Waals surface area contributed by atoms with Crippen molar-refractivity contribution in [2.24, 2.45) is 0 Å². The highest BCUT2D eigenvalue weighted by molar-refractivity contribution is 7.99. The minimum Gasteiger partial charge on any atom is -0.411 e. The van der Waals surface area contributed by atoms with Crippen molar-refractivity contribution in [3.8, 4) is 11.5 Å². The van der Waals surface area contributed by atoms with Gasteiger partial charge in [0.25, 0.3) is 5.22 Å². The number of hydrogen-bond acceptors (Lipinski definition) is 8. The van der Waals surface area contributed by atoms with Crippen LogP contribution in [-0.2, 0) is 16.4 Å². The van der Waals surface area contributed by atoms with E-state index in [9.17, 15) is 13.2 Å². The molecule has 4 rings (SSSR count). The van der Waals surface area contributed by atoms with Crippen LogP contribution in [0.1, 0.15) is 40.7 Å². The maximum Gasteiger partial charge on any atom is 0.277 e. The molecule has 1 aromatic carbocycles. The molecule has 0 saturated carbocycles. The van der Waals surface area contributed by atoms with Crippen LogP contribution in [0.25, 0.3) is 11.5 Å². The molecule has 0 unspecified atom stereocenters. The van der Waals surface area contributed by atoms with Crippen molar-refractivity contribution in [1.82, 2.24) is 14.5 Å². The number of aryl methyl sites for hydroxylation is 1. The molecule has 2 aromatic heterocycles. The largest absolute Gasteiger partial charge is 0.411 e. The molecule has 164 valence electrons. The molecule has 0 N–H and O–H groups in total. The van der Waals surface area contributed by atoms with Gasteiger partial charge in [0.05, 0.1) is 15.5 Å². The molecule has 0 radical (unpaired) electrons. The standard InChI is InChI=1S/C21H23N3O4S3/c1-2-16-9-10-19(30-16)18(25)14-29-21-23-22-20(28-21)15-7-6-8-17(13-15)31(26,27)24-11-4-3-5-12-24/h6-10,13H,2-5,11-12,14H2,1H3. The SMILES string of the molecule is CCc1ccc(C(=O)CSc2nnc(-c3cccc(S(=O)(=O)N4CCCCC4)c3)o2)s1. The summed E-state index contributed by atoms with van der Waals surface area (Å²) in [5.41, 5.74) is 0.537. The van der Waals surface area contributed by atoms with E-state index < -0.39 is 10.0 Å². The third-order valence-electron chi connectivity index (χ3n) is 5.05. The topological polar surface area (TPSA) is 93.4 Å². The van der Waals surface area contributed by atoms with Crippen molar-refractivity contribution >= 4 is 38.9 Å². The van der Waals surface area contributed by atoms with Crippen LogP contribution in [0.4, 0.5) is 0 Å². The van der Waals surface area contributed by atoms with E-state index in [1.54, 1.807) is 24.3 Å². The van der Waals surface area contributed by atoms with E-state index in [4.69, 9.17) is 4.42 Å². The number of rotatable bonds is 8. The Kier molecular flexibility index (Phi) is 6.90. The number of ketones is 1. The molecule has 3 aromatic rings. The van der Waals surface area contributed by atoms with E-state index in [0.29, 0.717) is 18.7 Å². The van der Waals surface area contributed by atoms with Gasteiger partial charge in [-0.1, -0.05) is 31.2 Å². The molecule has 31 heavy (non-hydrogen) atoms. The summed E-state index contributed by atoms with van der Waals surface area (Å²) in [6.45, 7) is 3.15. The maximum atomic E-state index is 12.9. The first kappa shape index (κ1) is 22.2. The Morgan fingerprint density at radius 2 is 1.97 bits per heavy atom. The Morgan fingerprint density at radius 1 is 1.16 bits per heavy atom. The van der Waals surface area contributed by atoms with E-state index >= 15 is 0 Å². The van der Waals surface area contributed by atoms with Crippen LogP contribution in [0.15, 0.2) is 50.9 Å². The molecular formula is C21H23N3O4S3. The minimum absolute atomic E-state index is 0.0177. The molecule has 10 heteroatoms. The van der Waals surface area contributed by atoms with Crippen molar-refractivity contribution < 1.29 is 17.6 Å². The van der Waals surface area contributed by atoms with Gasteiger partial charge in [-0.2, -0.15) is 4.31 Å². The number of carbonyl (C=O) groups is 1. The first-order valence-electron chi connectivity index (χ1n) is 10.2. The zero-order valence-corrected chi connectivity index (χ0v) is 19.6. The lowest BCUT2D eigenvalue weighted by atomic mass is 10.2. The Hall–Kier alpha value is -2.01. The molecule has 1 fully saturated rings. The van der Waals surface area contributed by atoms with Gasteiger partial charge in [0.2, 0.25) is 15.9 Å². The van der Waals surface area contributed by atoms with Crippen molar-refractivity contribution in [3.63, 3.8) is 0 Å². The fourth-order valence-electron chi connectivity index (χ4n) is 3.34. The summed E-state index contributed by atoms with van der Waals surface area (Å²) in [7, 11) is -3.54. The zero-order valence-electron chi connectivity index (χ0n) is 17.1. The van der Waals surface area contributed by atoms with Crippen LogP contribution in [0.2, 0.25) is 0 Å². The molecule has 0 atom stereocenters. The second kappa shape index (κ2) is 9.64. The van der Waals surface area contributed by atoms with Gasteiger partial charge in [-0.05, 0) is 49.6 Å². The predicted molar refractivity (Wildman–Crippen MR) is 121 cm³/mol. The second-order valence-electron chi connectivity index (χ2n) is 7.20. The summed E-state index contributed by atoms with van der Waals surface area (Å²) in [6.07, 6.45) is 3.73. The average Bonchev–Trinajstić information content (AvgIpc) is 3.48. The minimum atomic E-state index is -3.54. The van der Waals surface area contributed by atoms with E-state index in [2.05, 4.69) is 17.1 Å². The molecule has 1 aliphatic heterocycles. The summed E-state index contributed by atoms with van der Waals surface area (Å²) >= 11 is 2.68. The molecule has 0 aliphatic carbocycles. The summed E-state index contributed by atoms with van der Waals surface area (Å²) < 4.78 is 33.1. The summed E-state index contributed by atoms with van der Waals surface area (Å²) in [5.74, 6) is 0.452. The number of nitrogens with zero attached hydrogens (tertiary/aromatic N) is 3. The monoisotopic (exact) mass is 477 g/mol. The van der Waals surface area contributed by atoms with Gasteiger partial charge >= 0.3 is 0 Å². The summed E-state index contributed by atoms with van der Waals surface area (Å²) in [5, 5.41) is 8.31. The van der Waals surface area contributed by atoms with E-state index in [1.165, 1.54) is 32.3 Å². The Labute approximate surface area is 189 Å². The van der Waals surface area contributed by atoms with Gasteiger partial charge in [0.1, 0.15) is 0 Å². The third-order valence-corrected chi connectivity index (χ3v) is 9.04. The van der Waals surface area contributed by atoms with Gasteiger partial charge < -0.3 is 4.42 Å². The lowest BCUT2D eigenvalue weighted by Gasteiger charge is -2.25. The van der Waals surface area contributed by atoms with Crippen LogP contribution in [-0.4, -0.2) is 47.5 Å². The maximum absolute atomic E-state index is 12.9. The second-order valence-corrected chi connectivity index (χ2v) is 11.2. The predicted octanol–water partition coefficient (Wildman–Crippen LogP) is 4.51. The van der Waals surface area contributed by atoms with Crippen molar-refractivity contribution in [2.45, 2.75) is 42.7 Å². The van der Waals surface area contributed by atoms with Gasteiger partial charge in [0, 0.05) is 23.5 Å². The number of sulfonamides is 1. The van der Waals surface area contributed by atoms with E-state index in [0.717, 1.165) is 30.6 Å². The van der Waals surface area contributed by atoms with Crippen molar-refractivity contribution in [1.29, 1.82) is 0 Å². The number of piperidine rings is 1. The number of thioether (sulfide) groups is 1. The molecule has 3 heterocycles. The normalized spacial score (nSPS) is 15.3. The molecule has 7 nitrogen and oxygen atoms in total. The van der Waals surface area contributed by atoms with Crippen molar-refractivity contribution in [3.05, 3.63) is 46.2 Å². The van der Waals surface area contributed by atoms with Gasteiger partial charge in [-0.25, -0.2) is 8.42 Å².